The van der Waals surface area contributed by atoms with E-state index in [2.05, 4.69) is 10.2 Å². The topological polar surface area (TPSA) is 25.8 Å². The fourth-order valence-corrected chi connectivity index (χ4v) is 1.64. The number of benzene rings is 1. The number of halogens is 2. The van der Waals surface area contributed by atoms with Gasteiger partial charge in [-0.2, -0.15) is 10.2 Å². The van der Waals surface area contributed by atoms with E-state index in [-0.39, 0.29) is 0 Å². The highest BCUT2D eigenvalue weighted by Crippen LogP contribution is 2.31. The van der Waals surface area contributed by atoms with E-state index in [4.69, 9.17) is 23.2 Å². The lowest BCUT2D eigenvalue weighted by Crippen LogP contribution is -1.90. The summed E-state index contributed by atoms with van der Waals surface area (Å²) >= 11 is 12.0. The summed E-state index contributed by atoms with van der Waals surface area (Å²) in [5.41, 5.74) is 2.40. The number of hydrogen-bond acceptors (Lipinski definition) is 2. The van der Waals surface area contributed by atoms with Crippen molar-refractivity contribution in [2.45, 2.75) is 6.92 Å². The Morgan fingerprint density at radius 2 is 1.80 bits per heavy atom. The smallest absolute Gasteiger partial charge is 0.0945 e. The molecular formula is C11H8Cl2N2. The molecule has 1 heterocycles. The first kappa shape index (κ1) is 10.4. The van der Waals surface area contributed by atoms with Crippen LogP contribution in [0, 0.1) is 6.92 Å². The molecule has 76 valence electrons. The van der Waals surface area contributed by atoms with Gasteiger partial charge in [0.25, 0.3) is 0 Å². The second kappa shape index (κ2) is 4.17. The molecule has 0 bridgehead atoms. The molecule has 0 radical (unpaired) electrons. The summed E-state index contributed by atoms with van der Waals surface area (Å²) in [7, 11) is 0. The van der Waals surface area contributed by atoms with Gasteiger partial charge in [0.15, 0.2) is 0 Å². The van der Waals surface area contributed by atoms with E-state index in [1.807, 2.05) is 31.2 Å². The summed E-state index contributed by atoms with van der Waals surface area (Å²) in [5.74, 6) is 0. The molecule has 0 aliphatic heterocycles. The molecule has 1 aromatic carbocycles. The molecule has 0 aliphatic carbocycles. The minimum absolute atomic E-state index is 0.511. The van der Waals surface area contributed by atoms with Crippen LogP contribution in [0.15, 0.2) is 30.3 Å². The van der Waals surface area contributed by atoms with Crippen LogP contribution in [0.2, 0.25) is 10.0 Å². The van der Waals surface area contributed by atoms with E-state index in [0.29, 0.717) is 10.0 Å². The maximum absolute atomic E-state index is 6.07. The minimum atomic E-state index is 0.511. The lowest BCUT2D eigenvalue weighted by Gasteiger charge is -2.04. The molecule has 0 unspecified atom stereocenters. The monoisotopic (exact) mass is 238 g/mol. The van der Waals surface area contributed by atoms with E-state index >= 15 is 0 Å². The minimum Gasteiger partial charge on any atom is -0.155 e. The molecule has 0 saturated heterocycles. The number of aromatic nitrogens is 2. The van der Waals surface area contributed by atoms with Crippen molar-refractivity contribution in [1.82, 2.24) is 10.2 Å². The second-order valence-corrected chi connectivity index (χ2v) is 3.95. The van der Waals surface area contributed by atoms with Crippen LogP contribution in [0.3, 0.4) is 0 Å². The molecular weight excluding hydrogens is 231 g/mol. The zero-order valence-corrected chi connectivity index (χ0v) is 9.55. The van der Waals surface area contributed by atoms with Crippen molar-refractivity contribution in [3.05, 3.63) is 46.1 Å². The highest BCUT2D eigenvalue weighted by Gasteiger charge is 2.07. The van der Waals surface area contributed by atoms with Gasteiger partial charge in [-0.1, -0.05) is 35.3 Å². The maximum atomic E-state index is 6.07. The van der Waals surface area contributed by atoms with E-state index in [0.717, 1.165) is 17.0 Å². The van der Waals surface area contributed by atoms with Crippen molar-refractivity contribution in [3.8, 4) is 11.3 Å². The highest BCUT2D eigenvalue weighted by atomic mass is 35.5. The van der Waals surface area contributed by atoms with Crippen LogP contribution in [0.5, 0.6) is 0 Å². The van der Waals surface area contributed by atoms with Crippen molar-refractivity contribution >= 4 is 23.2 Å². The fourth-order valence-electron chi connectivity index (χ4n) is 1.24. The SMILES string of the molecule is Cc1ccc(-c2cccc(Cl)c2Cl)nn1. The van der Waals surface area contributed by atoms with Gasteiger partial charge in [0.2, 0.25) is 0 Å². The van der Waals surface area contributed by atoms with Crippen molar-refractivity contribution in [3.63, 3.8) is 0 Å². The summed E-state index contributed by atoms with van der Waals surface area (Å²) in [6, 6.07) is 9.22. The first-order valence-electron chi connectivity index (χ1n) is 4.43. The lowest BCUT2D eigenvalue weighted by atomic mass is 10.1. The predicted molar refractivity (Wildman–Crippen MR) is 62.2 cm³/mol. The van der Waals surface area contributed by atoms with Gasteiger partial charge >= 0.3 is 0 Å². The van der Waals surface area contributed by atoms with Gasteiger partial charge in [0, 0.05) is 5.56 Å². The molecule has 15 heavy (non-hydrogen) atoms. The normalized spacial score (nSPS) is 10.3. The third kappa shape index (κ3) is 2.11. The van der Waals surface area contributed by atoms with Crippen molar-refractivity contribution in [2.24, 2.45) is 0 Å². The Morgan fingerprint density at radius 3 is 2.47 bits per heavy atom. The quantitative estimate of drug-likeness (QED) is 0.757. The summed E-state index contributed by atoms with van der Waals surface area (Å²) < 4.78 is 0. The summed E-state index contributed by atoms with van der Waals surface area (Å²) in [4.78, 5) is 0. The Kier molecular flexibility index (Phi) is 2.89. The first-order valence-corrected chi connectivity index (χ1v) is 5.19. The molecule has 0 saturated carbocycles. The lowest BCUT2D eigenvalue weighted by molar-refractivity contribution is 0.987. The van der Waals surface area contributed by atoms with Gasteiger partial charge in [0.05, 0.1) is 21.4 Å². The van der Waals surface area contributed by atoms with Crippen molar-refractivity contribution < 1.29 is 0 Å². The van der Waals surface area contributed by atoms with Crippen LogP contribution in [0.1, 0.15) is 5.69 Å². The maximum Gasteiger partial charge on any atom is 0.0945 e. The van der Waals surface area contributed by atoms with Crippen LogP contribution < -0.4 is 0 Å². The molecule has 1 aromatic heterocycles. The van der Waals surface area contributed by atoms with Crippen LogP contribution in [-0.4, -0.2) is 10.2 Å². The average Bonchev–Trinajstić information content (AvgIpc) is 2.24. The summed E-state index contributed by atoms with van der Waals surface area (Å²) in [6.45, 7) is 1.89. The van der Waals surface area contributed by atoms with E-state index < -0.39 is 0 Å². The van der Waals surface area contributed by atoms with Crippen LogP contribution >= 0.6 is 23.2 Å². The van der Waals surface area contributed by atoms with Crippen LogP contribution in [0.25, 0.3) is 11.3 Å². The third-order valence-electron chi connectivity index (χ3n) is 2.03. The largest absolute Gasteiger partial charge is 0.155 e. The number of aryl methyl sites for hydroxylation is 1. The Balaban J connectivity index is 2.54. The molecule has 0 fully saturated rings. The average molecular weight is 239 g/mol. The molecule has 0 spiro atoms. The summed E-state index contributed by atoms with van der Waals surface area (Å²) in [5, 5.41) is 9.07. The molecule has 0 aliphatic rings. The Bertz CT molecular complexity index is 480. The van der Waals surface area contributed by atoms with Gasteiger partial charge in [-0.15, -0.1) is 0 Å². The van der Waals surface area contributed by atoms with E-state index in [1.165, 1.54) is 0 Å². The Labute approximate surface area is 97.9 Å². The second-order valence-electron chi connectivity index (χ2n) is 3.16. The summed E-state index contributed by atoms with van der Waals surface area (Å²) in [6.07, 6.45) is 0. The Hall–Kier alpha value is -1.12. The van der Waals surface area contributed by atoms with Gasteiger partial charge in [-0.05, 0) is 25.1 Å². The molecule has 2 nitrogen and oxygen atoms in total. The molecule has 4 heteroatoms. The fraction of sp³-hybridized carbons (Fsp3) is 0.0909. The van der Waals surface area contributed by atoms with E-state index in [9.17, 15) is 0 Å². The molecule has 0 atom stereocenters. The van der Waals surface area contributed by atoms with Crippen molar-refractivity contribution in [2.75, 3.05) is 0 Å². The molecule has 0 amide bonds. The standard InChI is InChI=1S/C11H8Cl2N2/c1-7-5-6-10(15-14-7)8-3-2-4-9(12)11(8)13/h2-6H,1H3. The van der Waals surface area contributed by atoms with Crippen LogP contribution in [-0.2, 0) is 0 Å². The molecule has 2 aromatic rings. The number of hydrogen-bond donors (Lipinski definition) is 0. The van der Waals surface area contributed by atoms with E-state index in [1.54, 1.807) is 6.07 Å². The zero-order valence-electron chi connectivity index (χ0n) is 8.04. The number of nitrogens with zero attached hydrogens (tertiary/aromatic N) is 2. The zero-order chi connectivity index (χ0) is 10.8. The predicted octanol–water partition coefficient (Wildman–Crippen LogP) is 3.76. The van der Waals surface area contributed by atoms with Gasteiger partial charge in [0.1, 0.15) is 0 Å². The van der Waals surface area contributed by atoms with Gasteiger partial charge in [-0.3, -0.25) is 0 Å². The number of rotatable bonds is 1. The van der Waals surface area contributed by atoms with Gasteiger partial charge < -0.3 is 0 Å². The van der Waals surface area contributed by atoms with Crippen molar-refractivity contribution in [1.29, 1.82) is 0 Å². The third-order valence-corrected chi connectivity index (χ3v) is 2.84. The molecule has 2 rings (SSSR count). The molecule has 0 N–H and O–H groups in total. The highest BCUT2D eigenvalue weighted by molar-refractivity contribution is 6.43. The van der Waals surface area contributed by atoms with Crippen LogP contribution in [0.4, 0.5) is 0 Å². The first-order chi connectivity index (χ1) is 7.18. The Morgan fingerprint density at radius 1 is 1.00 bits per heavy atom. The van der Waals surface area contributed by atoms with Gasteiger partial charge in [-0.25, -0.2) is 0 Å².